The number of aromatic nitrogens is 1. The quantitative estimate of drug-likeness (QED) is 0.606. The van der Waals surface area contributed by atoms with Gasteiger partial charge in [0.05, 0.1) is 10.8 Å². The number of nitrogens with zero attached hydrogens (tertiary/aromatic N) is 3. The number of hydrogen-bond donors (Lipinski definition) is 0. The van der Waals surface area contributed by atoms with Crippen molar-refractivity contribution in [2.45, 2.75) is 49.6 Å². The molecule has 2 heterocycles. The number of pyridine rings is 1. The predicted octanol–water partition coefficient (Wildman–Crippen LogP) is 3.62. The van der Waals surface area contributed by atoms with Crippen molar-refractivity contribution in [1.82, 2.24) is 14.2 Å². The minimum atomic E-state index is -3.48. The lowest BCUT2D eigenvalue weighted by atomic mass is 10.1. The highest BCUT2D eigenvalue weighted by Gasteiger charge is 2.26. The van der Waals surface area contributed by atoms with Crippen molar-refractivity contribution in [2.24, 2.45) is 0 Å². The summed E-state index contributed by atoms with van der Waals surface area (Å²) in [6.45, 7) is 5.81. The minimum absolute atomic E-state index is 0.00629. The van der Waals surface area contributed by atoms with Crippen LogP contribution >= 0.6 is 11.8 Å². The number of benzene rings is 1. The molecule has 30 heavy (non-hydrogen) atoms. The first-order valence-corrected chi connectivity index (χ1v) is 12.6. The van der Waals surface area contributed by atoms with Gasteiger partial charge in [-0.05, 0) is 49.9 Å². The van der Waals surface area contributed by atoms with Gasteiger partial charge in [0.1, 0.15) is 4.90 Å². The van der Waals surface area contributed by atoms with Gasteiger partial charge in [-0.1, -0.05) is 41.9 Å². The molecule has 1 aromatic carbocycles. The van der Waals surface area contributed by atoms with Gasteiger partial charge < -0.3 is 4.90 Å². The Morgan fingerprint density at radius 2 is 1.87 bits per heavy atom. The molecule has 3 rings (SSSR count). The van der Waals surface area contributed by atoms with Gasteiger partial charge in [-0.2, -0.15) is 4.31 Å². The molecule has 1 saturated heterocycles. The molecule has 1 amide bonds. The summed E-state index contributed by atoms with van der Waals surface area (Å²) in [5.74, 6) is 0.263. The minimum Gasteiger partial charge on any atom is -0.341 e. The molecule has 1 fully saturated rings. The molecule has 8 heteroatoms. The zero-order valence-electron chi connectivity index (χ0n) is 17.8. The summed E-state index contributed by atoms with van der Waals surface area (Å²) < 4.78 is 26.9. The zero-order valence-corrected chi connectivity index (χ0v) is 19.4. The number of aryl methyl sites for hydroxylation is 2. The van der Waals surface area contributed by atoms with E-state index in [1.807, 2.05) is 0 Å². The molecule has 0 N–H and O–H groups in total. The Morgan fingerprint density at radius 1 is 1.13 bits per heavy atom. The molecule has 0 atom stereocenters. The first-order chi connectivity index (χ1) is 14.3. The Kier molecular flexibility index (Phi) is 7.55. The molecule has 0 bridgehead atoms. The van der Waals surface area contributed by atoms with E-state index in [1.54, 1.807) is 24.1 Å². The van der Waals surface area contributed by atoms with Crippen LogP contribution in [-0.4, -0.2) is 54.4 Å². The number of sulfonamides is 1. The second-order valence-electron chi connectivity index (χ2n) is 7.77. The van der Waals surface area contributed by atoms with Gasteiger partial charge in [0, 0.05) is 32.9 Å². The summed E-state index contributed by atoms with van der Waals surface area (Å²) >= 11 is 1.32. The number of thioether (sulfide) groups is 1. The lowest BCUT2D eigenvalue weighted by Crippen LogP contribution is -2.35. The maximum absolute atomic E-state index is 12.7. The number of piperidine rings is 1. The van der Waals surface area contributed by atoms with E-state index in [1.165, 1.54) is 33.4 Å². The van der Waals surface area contributed by atoms with E-state index < -0.39 is 10.0 Å². The number of carbonyl (C=O) groups is 1. The average Bonchev–Trinajstić information content (AvgIpc) is 2.75. The Balaban J connectivity index is 1.55. The molecular weight excluding hydrogens is 418 g/mol. The number of hydrogen-bond acceptors (Lipinski definition) is 5. The summed E-state index contributed by atoms with van der Waals surface area (Å²) in [4.78, 5) is 18.7. The van der Waals surface area contributed by atoms with Gasteiger partial charge in [0.25, 0.3) is 0 Å². The van der Waals surface area contributed by atoms with Crippen LogP contribution in [0.1, 0.15) is 36.0 Å². The highest BCUT2D eigenvalue weighted by Crippen LogP contribution is 2.23. The number of carbonyl (C=O) groups excluding carboxylic acids is 1. The highest BCUT2D eigenvalue weighted by molar-refractivity contribution is 7.99. The molecule has 0 unspecified atom stereocenters. The van der Waals surface area contributed by atoms with Crippen LogP contribution in [0.4, 0.5) is 0 Å². The van der Waals surface area contributed by atoms with E-state index in [-0.39, 0.29) is 16.6 Å². The molecule has 1 aliphatic heterocycles. The van der Waals surface area contributed by atoms with E-state index >= 15 is 0 Å². The Labute approximate surface area is 183 Å². The first kappa shape index (κ1) is 22.8. The normalized spacial score (nSPS) is 15.2. The standard InChI is InChI=1S/C22H29N3O3S2/c1-17-7-8-19(18(2)13-17)15-24(3)22(26)16-29-21-10-9-20(14-23-21)30(27,28)25-11-5-4-6-12-25/h7-10,13-14H,4-6,11-12,15-16H2,1-3H3. The second-order valence-corrected chi connectivity index (χ2v) is 10.7. The van der Waals surface area contributed by atoms with Crippen molar-refractivity contribution in [2.75, 3.05) is 25.9 Å². The smallest absolute Gasteiger partial charge is 0.244 e. The molecule has 0 spiro atoms. The molecule has 162 valence electrons. The molecule has 2 aromatic rings. The van der Waals surface area contributed by atoms with Gasteiger partial charge in [-0.3, -0.25) is 4.79 Å². The van der Waals surface area contributed by atoms with E-state index in [9.17, 15) is 13.2 Å². The van der Waals surface area contributed by atoms with Crippen molar-refractivity contribution >= 4 is 27.7 Å². The lowest BCUT2D eigenvalue weighted by molar-refractivity contribution is -0.127. The molecule has 1 aliphatic rings. The molecular formula is C22H29N3O3S2. The molecule has 6 nitrogen and oxygen atoms in total. The van der Waals surface area contributed by atoms with Crippen LogP contribution in [0.5, 0.6) is 0 Å². The van der Waals surface area contributed by atoms with Gasteiger partial charge in [-0.25, -0.2) is 13.4 Å². The van der Waals surface area contributed by atoms with Crippen LogP contribution in [0, 0.1) is 13.8 Å². The van der Waals surface area contributed by atoms with Crippen molar-refractivity contribution in [3.05, 3.63) is 53.2 Å². The van der Waals surface area contributed by atoms with Gasteiger partial charge in [-0.15, -0.1) is 0 Å². The third-order valence-corrected chi connectivity index (χ3v) is 8.15. The highest BCUT2D eigenvalue weighted by atomic mass is 32.2. The van der Waals surface area contributed by atoms with E-state index in [4.69, 9.17) is 0 Å². The lowest BCUT2D eigenvalue weighted by Gasteiger charge is -2.25. The fourth-order valence-electron chi connectivity index (χ4n) is 3.47. The summed E-state index contributed by atoms with van der Waals surface area (Å²) in [6, 6.07) is 9.50. The van der Waals surface area contributed by atoms with E-state index in [0.717, 1.165) is 24.8 Å². The summed E-state index contributed by atoms with van der Waals surface area (Å²) in [5, 5.41) is 0.640. The third kappa shape index (κ3) is 5.62. The molecule has 0 radical (unpaired) electrons. The largest absolute Gasteiger partial charge is 0.341 e. The van der Waals surface area contributed by atoms with E-state index in [0.29, 0.717) is 24.7 Å². The predicted molar refractivity (Wildman–Crippen MR) is 120 cm³/mol. The maximum Gasteiger partial charge on any atom is 0.244 e. The van der Waals surface area contributed by atoms with E-state index in [2.05, 4.69) is 37.0 Å². The van der Waals surface area contributed by atoms with Gasteiger partial charge in [0.2, 0.25) is 15.9 Å². The zero-order chi connectivity index (χ0) is 21.7. The second kappa shape index (κ2) is 9.94. The maximum atomic E-state index is 12.7. The first-order valence-electron chi connectivity index (χ1n) is 10.2. The fourth-order valence-corrected chi connectivity index (χ4v) is 5.72. The molecule has 0 saturated carbocycles. The fraction of sp³-hybridized carbons (Fsp3) is 0.455. The topological polar surface area (TPSA) is 70.6 Å². The van der Waals surface area contributed by atoms with Crippen LogP contribution in [0.3, 0.4) is 0 Å². The Morgan fingerprint density at radius 3 is 2.50 bits per heavy atom. The SMILES string of the molecule is Cc1ccc(CN(C)C(=O)CSc2ccc(S(=O)(=O)N3CCCCC3)cn2)c(C)c1. The van der Waals surface area contributed by atoms with Crippen LogP contribution in [0.15, 0.2) is 46.5 Å². The summed E-state index contributed by atoms with van der Waals surface area (Å²) in [7, 11) is -1.68. The van der Waals surface area contributed by atoms with Gasteiger partial charge in [0.15, 0.2) is 0 Å². The summed E-state index contributed by atoms with van der Waals surface area (Å²) in [5.41, 5.74) is 3.51. The number of amides is 1. The Hall–Kier alpha value is -1.90. The van der Waals surface area contributed by atoms with Crippen LogP contribution in [0.2, 0.25) is 0 Å². The monoisotopic (exact) mass is 447 g/mol. The molecule has 0 aliphatic carbocycles. The van der Waals surface area contributed by atoms with Crippen LogP contribution < -0.4 is 0 Å². The Bertz CT molecular complexity index is 985. The summed E-state index contributed by atoms with van der Waals surface area (Å²) in [6.07, 6.45) is 4.28. The molecule has 1 aromatic heterocycles. The van der Waals surface area contributed by atoms with Crippen LogP contribution in [0.25, 0.3) is 0 Å². The van der Waals surface area contributed by atoms with Gasteiger partial charge >= 0.3 is 0 Å². The van der Waals surface area contributed by atoms with Crippen molar-refractivity contribution < 1.29 is 13.2 Å². The van der Waals surface area contributed by atoms with Crippen molar-refractivity contribution in [1.29, 1.82) is 0 Å². The van der Waals surface area contributed by atoms with Crippen molar-refractivity contribution in [3.8, 4) is 0 Å². The average molecular weight is 448 g/mol. The van der Waals surface area contributed by atoms with Crippen molar-refractivity contribution in [3.63, 3.8) is 0 Å². The van der Waals surface area contributed by atoms with Crippen LogP contribution in [-0.2, 0) is 21.4 Å². The third-order valence-electron chi connectivity index (χ3n) is 5.34. The number of rotatable bonds is 7.